The van der Waals surface area contributed by atoms with Crippen molar-refractivity contribution in [2.45, 2.75) is 57.9 Å². The Kier molecular flexibility index (Phi) is 7.51. The summed E-state index contributed by atoms with van der Waals surface area (Å²) in [6, 6.07) is 17.2. The minimum absolute atomic E-state index is 0. The molecule has 6 heteroatoms. The summed E-state index contributed by atoms with van der Waals surface area (Å²) in [5, 5.41) is 7.68. The minimum Gasteiger partial charge on any atom is -0.322 e. The van der Waals surface area contributed by atoms with Gasteiger partial charge in [-0.25, -0.2) is 4.68 Å². The second-order valence-corrected chi connectivity index (χ2v) is 9.06. The normalized spacial score (nSPS) is 16.3. The fraction of sp³-hybridized carbons (Fsp3) is 0.407. The highest BCUT2D eigenvalue weighted by molar-refractivity contribution is 6.05. The second-order valence-electron chi connectivity index (χ2n) is 9.06. The lowest BCUT2D eigenvalue weighted by atomic mass is 9.91. The summed E-state index contributed by atoms with van der Waals surface area (Å²) in [5.41, 5.74) is 6.27. The van der Waals surface area contributed by atoms with Crippen molar-refractivity contribution in [1.82, 2.24) is 14.7 Å². The van der Waals surface area contributed by atoms with Crippen LogP contribution in [-0.2, 0) is 19.3 Å². The van der Waals surface area contributed by atoms with E-state index in [2.05, 4.69) is 40.4 Å². The van der Waals surface area contributed by atoms with E-state index in [1.807, 2.05) is 35.0 Å². The third-order valence-corrected chi connectivity index (χ3v) is 6.99. The van der Waals surface area contributed by atoms with Crippen LogP contribution in [0.25, 0.3) is 5.69 Å². The van der Waals surface area contributed by atoms with Crippen molar-refractivity contribution in [3.05, 3.63) is 77.1 Å². The quantitative estimate of drug-likeness (QED) is 0.527. The highest BCUT2D eigenvalue weighted by Gasteiger charge is 2.26. The summed E-state index contributed by atoms with van der Waals surface area (Å²) in [6.07, 6.45) is 9.71. The maximum atomic E-state index is 13.2. The Morgan fingerprint density at radius 2 is 1.82 bits per heavy atom. The van der Waals surface area contributed by atoms with Crippen molar-refractivity contribution in [1.29, 1.82) is 0 Å². The van der Waals surface area contributed by atoms with Gasteiger partial charge in [-0.3, -0.25) is 9.69 Å². The van der Waals surface area contributed by atoms with Crippen LogP contribution >= 0.6 is 12.4 Å². The maximum absolute atomic E-state index is 13.2. The molecule has 5 nitrogen and oxygen atoms in total. The van der Waals surface area contributed by atoms with Crippen LogP contribution in [0.15, 0.2) is 54.7 Å². The van der Waals surface area contributed by atoms with Gasteiger partial charge in [-0.2, -0.15) is 5.10 Å². The number of amides is 1. The Bertz CT molecular complexity index is 1090. The zero-order chi connectivity index (χ0) is 21.9. The molecule has 1 saturated carbocycles. The molecule has 0 bridgehead atoms. The number of hydrogen-bond donors (Lipinski definition) is 1. The van der Waals surface area contributed by atoms with Gasteiger partial charge < -0.3 is 5.32 Å². The Morgan fingerprint density at radius 3 is 2.52 bits per heavy atom. The van der Waals surface area contributed by atoms with Gasteiger partial charge in [0.2, 0.25) is 0 Å². The molecule has 2 aromatic carbocycles. The van der Waals surface area contributed by atoms with E-state index in [1.165, 1.54) is 30.4 Å². The molecule has 2 aliphatic rings. The van der Waals surface area contributed by atoms with E-state index in [0.717, 1.165) is 61.9 Å². The van der Waals surface area contributed by atoms with Gasteiger partial charge in [-0.05, 0) is 67.5 Å². The third-order valence-electron chi connectivity index (χ3n) is 6.99. The predicted octanol–water partition coefficient (Wildman–Crippen LogP) is 5.45. The summed E-state index contributed by atoms with van der Waals surface area (Å²) >= 11 is 0. The van der Waals surface area contributed by atoms with Crippen molar-refractivity contribution in [2.75, 3.05) is 18.4 Å². The SMILES string of the molecule is CCCc1c(C(=O)Nc2ccc3c(c2)CCN(C2CCC2)CC3)cnn1-c1ccccc1.Cl. The maximum Gasteiger partial charge on any atom is 0.259 e. The minimum atomic E-state index is -0.0831. The molecule has 1 fully saturated rings. The van der Waals surface area contributed by atoms with E-state index < -0.39 is 0 Å². The Labute approximate surface area is 202 Å². The first-order chi connectivity index (χ1) is 15.7. The van der Waals surface area contributed by atoms with Crippen LogP contribution in [0.4, 0.5) is 5.69 Å². The third kappa shape index (κ3) is 4.99. The largest absolute Gasteiger partial charge is 0.322 e. The molecule has 0 unspecified atom stereocenters. The number of anilines is 1. The Balaban J connectivity index is 0.00000259. The monoisotopic (exact) mass is 464 g/mol. The van der Waals surface area contributed by atoms with Crippen molar-refractivity contribution >= 4 is 24.0 Å². The molecule has 0 saturated heterocycles. The molecule has 1 N–H and O–H groups in total. The summed E-state index contributed by atoms with van der Waals surface area (Å²) < 4.78 is 1.89. The van der Waals surface area contributed by atoms with Gasteiger partial charge in [-0.15, -0.1) is 12.4 Å². The zero-order valence-corrected chi connectivity index (χ0v) is 20.1. The number of para-hydroxylation sites is 1. The number of carbonyl (C=O) groups is 1. The number of nitrogens with zero attached hydrogens (tertiary/aromatic N) is 3. The number of rotatable bonds is 6. The number of carbonyl (C=O) groups excluding carboxylic acids is 1. The summed E-state index contributed by atoms with van der Waals surface area (Å²) in [4.78, 5) is 15.9. The van der Waals surface area contributed by atoms with Crippen LogP contribution in [0.2, 0.25) is 0 Å². The fourth-order valence-corrected chi connectivity index (χ4v) is 4.97. The van der Waals surface area contributed by atoms with E-state index in [1.54, 1.807) is 6.20 Å². The first-order valence-electron chi connectivity index (χ1n) is 12.0. The second kappa shape index (κ2) is 10.5. The van der Waals surface area contributed by atoms with Crippen molar-refractivity contribution in [2.24, 2.45) is 0 Å². The van der Waals surface area contributed by atoms with Crippen LogP contribution in [-0.4, -0.2) is 39.7 Å². The van der Waals surface area contributed by atoms with Gasteiger partial charge in [0, 0.05) is 24.8 Å². The molecular formula is C27H33ClN4O. The molecule has 33 heavy (non-hydrogen) atoms. The van der Waals surface area contributed by atoms with E-state index in [4.69, 9.17) is 0 Å². The highest BCUT2D eigenvalue weighted by Crippen LogP contribution is 2.28. The number of nitrogens with one attached hydrogen (secondary N) is 1. The molecule has 0 spiro atoms. The van der Waals surface area contributed by atoms with Crippen LogP contribution in [0.3, 0.4) is 0 Å². The molecular weight excluding hydrogens is 432 g/mol. The van der Waals surface area contributed by atoms with Crippen molar-refractivity contribution < 1.29 is 4.79 Å². The number of hydrogen-bond acceptors (Lipinski definition) is 3. The lowest BCUT2D eigenvalue weighted by Crippen LogP contribution is -2.41. The zero-order valence-electron chi connectivity index (χ0n) is 19.3. The molecule has 174 valence electrons. The van der Waals surface area contributed by atoms with Crippen LogP contribution < -0.4 is 5.32 Å². The summed E-state index contributed by atoms with van der Waals surface area (Å²) in [5.74, 6) is -0.0831. The van der Waals surface area contributed by atoms with Crippen LogP contribution in [0, 0.1) is 0 Å². The molecule has 0 atom stereocenters. The van der Waals surface area contributed by atoms with Gasteiger partial charge >= 0.3 is 0 Å². The van der Waals surface area contributed by atoms with E-state index >= 15 is 0 Å². The van der Waals surface area contributed by atoms with Gasteiger partial charge in [0.25, 0.3) is 5.91 Å². The van der Waals surface area contributed by atoms with E-state index in [-0.39, 0.29) is 18.3 Å². The molecule has 1 aliphatic heterocycles. The topological polar surface area (TPSA) is 50.2 Å². The Morgan fingerprint density at radius 1 is 1.06 bits per heavy atom. The van der Waals surface area contributed by atoms with Crippen molar-refractivity contribution in [3.8, 4) is 5.69 Å². The number of benzene rings is 2. The first kappa shape index (κ1) is 23.5. The van der Waals surface area contributed by atoms with Gasteiger partial charge in [0.1, 0.15) is 0 Å². The average molecular weight is 465 g/mol. The first-order valence-corrected chi connectivity index (χ1v) is 12.0. The van der Waals surface area contributed by atoms with E-state index in [9.17, 15) is 4.79 Å². The molecule has 1 aliphatic carbocycles. The standard InChI is InChI=1S/C27H32N4O.ClH/c1-2-7-26-25(19-28-31(26)24-8-4-3-5-9-24)27(32)29-22-13-12-20-14-16-30(23-10-6-11-23)17-15-21(20)18-22;/h3-5,8-9,12-13,18-19,23H,2,6-7,10-11,14-17H2,1H3,(H,29,32);1H. The predicted molar refractivity (Wildman–Crippen MR) is 136 cm³/mol. The number of fused-ring (bicyclic) bond motifs is 1. The lowest BCUT2D eigenvalue weighted by molar-refractivity contribution is 0.102. The molecule has 2 heterocycles. The molecule has 1 amide bonds. The molecule has 3 aromatic rings. The van der Waals surface area contributed by atoms with E-state index in [0.29, 0.717) is 5.56 Å². The molecule has 5 rings (SSSR count). The summed E-state index contributed by atoms with van der Waals surface area (Å²) in [7, 11) is 0. The van der Waals surface area contributed by atoms with Crippen molar-refractivity contribution in [3.63, 3.8) is 0 Å². The fourth-order valence-electron chi connectivity index (χ4n) is 4.97. The molecule has 1 aromatic heterocycles. The van der Waals surface area contributed by atoms with Crippen LogP contribution in [0.5, 0.6) is 0 Å². The Hall–Kier alpha value is -2.63. The number of aromatic nitrogens is 2. The lowest BCUT2D eigenvalue weighted by Gasteiger charge is -2.36. The van der Waals surface area contributed by atoms with Crippen LogP contribution in [0.1, 0.15) is 59.8 Å². The highest BCUT2D eigenvalue weighted by atomic mass is 35.5. The van der Waals surface area contributed by atoms with Gasteiger partial charge in [0.15, 0.2) is 0 Å². The van der Waals surface area contributed by atoms with Gasteiger partial charge in [-0.1, -0.05) is 44.0 Å². The van der Waals surface area contributed by atoms with Gasteiger partial charge in [0.05, 0.1) is 23.1 Å². The number of halogens is 1. The molecule has 0 radical (unpaired) electrons. The summed E-state index contributed by atoms with van der Waals surface area (Å²) in [6.45, 7) is 4.41. The average Bonchev–Trinajstić information content (AvgIpc) is 3.09. The smallest absolute Gasteiger partial charge is 0.259 e.